The van der Waals surface area contributed by atoms with E-state index < -0.39 is 6.71 Å². The normalized spacial score (nSPS) is 11.6. The molecule has 0 aromatic heterocycles. The summed E-state index contributed by atoms with van der Waals surface area (Å²) in [6, 6.07) is 51.7. The molecule has 0 radical (unpaired) electrons. The molecule has 0 fully saturated rings. The number of unbranched alkanes of at least 4 members (excludes halogenated alkanes) is 4. The zero-order chi connectivity index (χ0) is 38.0. The average molecular weight is 729 g/mol. The fraction of sp³-hybridized carbons (Fsp3) is 0.388. The van der Waals surface area contributed by atoms with E-state index in [1.54, 1.807) is 0 Å². The molecule has 0 spiro atoms. The van der Waals surface area contributed by atoms with Gasteiger partial charge in [-0.05, 0) is 37.8 Å². The summed E-state index contributed by atoms with van der Waals surface area (Å²) in [6.07, 6.45) is 12.2. The smallest absolute Gasteiger partial charge is 0.0786 e. The molecule has 0 saturated carbocycles. The molecule has 1 atom stereocenters. The summed E-state index contributed by atoms with van der Waals surface area (Å²) in [7, 11) is -0.251. The fourth-order valence-electron chi connectivity index (χ4n) is 8.06. The summed E-state index contributed by atoms with van der Waals surface area (Å²) in [5.74, 6) is 0.541. The maximum atomic E-state index is 5.91. The Bertz CT molecular complexity index is 1500. The van der Waals surface area contributed by atoms with Crippen molar-refractivity contribution < 1.29 is 4.48 Å². The third kappa shape index (κ3) is 16.2. The lowest BCUT2D eigenvalue weighted by Crippen LogP contribution is -2.50. The Hall–Kier alpha value is -3.52. The van der Waals surface area contributed by atoms with Crippen LogP contribution in [0.4, 0.5) is 0 Å². The SMILES string of the molecule is CCCC[N+](CCCC)(CCCC)CCCC.CC[BH-](c1ccccc1)c1ccc(Cl)cc1.[BH2-](c1ccccc1)C(c1ccccc1)c1ccccc1. The van der Waals surface area contributed by atoms with Crippen LogP contribution < -0.4 is 16.4 Å². The van der Waals surface area contributed by atoms with Crippen molar-refractivity contribution in [1.82, 2.24) is 0 Å². The van der Waals surface area contributed by atoms with Crippen LogP contribution >= 0.6 is 11.6 Å². The molecule has 5 rings (SSSR count). The minimum atomic E-state index is -0.417. The number of halogens is 1. The monoisotopic (exact) mass is 729 g/mol. The second-order valence-corrected chi connectivity index (χ2v) is 15.9. The molecule has 0 amide bonds. The summed E-state index contributed by atoms with van der Waals surface area (Å²) < 4.78 is 1.42. The predicted octanol–water partition coefficient (Wildman–Crippen LogP) is 11.0. The van der Waals surface area contributed by atoms with Gasteiger partial charge < -0.3 is 4.48 Å². The lowest BCUT2D eigenvalue weighted by molar-refractivity contribution is -0.929. The first kappa shape index (κ1) is 43.9. The molecule has 1 unspecified atom stereocenters. The van der Waals surface area contributed by atoms with Crippen LogP contribution in [-0.2, 0) is 0 Å². The van der Waals surface area contributed by atoms with Crippen molar-refractivity contribution in [2.75, 3.05) is 26.2 Å². The molecular weight excluding hydrogens is 660 g/mol. The van der Waals surface area contributed by atoms with E-state index in [1.807, 2.05) is 12.1 Å². The van der Waals surface area contributed by atoms with Crippen molar-refractivity contribution in [2.45, 2.75) is 98.1 Å². The van der Waals surface area contributed by atoms with E-state index in [-0.39, 0.29) is 7.28 Å². The standard InChI is InChI=1S/C19H18B.C16H36N.C14H15BCl/c1-4-10-16(11-5-1)19(17-12-6-2-7-13-17)20-18-14-8-3-9-15-18;1-5-9-13-17(14-10-6-2,15-11-7-3)16-12-8-4;1-2-15(12-6-4-3-5-7-12)13-8-10-14(16)11-9-13/h1-15,19H,20H2;5-16H2,1-4H3;3-11,15H,2H2,1H3/q-1;+1;-1. The van der Waals surface area contributed by atoms with E-state index in [1.165, 1.54) is 116 Å². The van der Waals surface area contributed by atoms with Gasteiger partial charge in [-0.2, -0.15) is 6.32 Å². The van der Waals surface area contributed by atoms with E-state index in [2.05, 4.69) is 168 Å². The topological polar surface area (TPSA) is 0 Å². The van der Waals surface area contributed by atoms with E-state index in [0.29, 0.717) is 5.82 Å². The molecule has 0 N–H and O–H groups in total. The Kier molecular flexibility index (Phi) is 21.8. The number of rotatable bonds is 19. The first-order valence-electron chi connectivity index (χ1n) is 21.3. The number of benzene rings is 5. The Morgan fingerprint density at radius 3 is 1.21 bits per heavy atom. The lowest BCUT2D eigenvalue weighted by atomic mass is 9.39. The highest BCUT2D eigenvalue weighted by Gasteiger charge is 2.24. The number of nitrogens with zero attached hydrogens (tertiary/aromatic N) is 1. The lowest BCUT2D eigenvalue weighted by Gasteiger charge is -2.39. The maximum absolute atomic E-state index is 5.91. The molecule has 0 aliphatic rings. The summed E-state index contributed by atoms with van der Waals surface area (Å²) in [6.45, 7) is 16.9. The molecule has 0 aliphatic carbocycles. The van der Waals surface area contributed by atoms with Gasteiger partial charge in [-0.1, -0.05) is 216 Å². The molecule has 53 heavy (non-hydrogen) atoms. The Morgan fingerprint density at radius 1 is 0.472 bits per heavy atom. The van der Waals surface area contributed by atoms with E-state index in [4.69, 9.17) is 11.6 Å². The zero-order valence-electron chi connectivity index (χ0n) is 34.2. The van der Waals surface area contributed by atoms with Crippen LogP contribution in [0.15, 0.2) is 146 Å². The molecule has 0 heterocycles. The molecule has 284 valence electrons. The molecule has 4 heteroatoms. The largest absolute Gasteiger partial charge is 0.324 e. The van der Waals surface area contributed by atoms with Crippen molar-refractivity contribution in [1.29, 1.82) is 0 Å². The van der Waals surface area contributed by atoms with Crippen LogP contribution in [0, 0.1) is 0 Å². The summed E-state index contributed by atoms with van der Waals surface area (Å²) in [5, 5.41) is 0.811. The molecule has 1 nitrogen and oxygen atoms in total. The van der Waals surface area contributed by atoms with Gasteiger partial charge in [0.25, 0.3) is 0 Å². The second-order valence-electron chi connectivity index (χ2n) is 15.4. The molecular formula is C49H69B2ClN-. The van der Waals surface area contributed by atoms with Crippen molar-refractivity contribution >= 4 is 42.0 Å². The second kappa shape index (κ2) is 26.3. The number of hydrogen-bond donors (Lipinski definition) is 0. The van der Waals surface area contributed by atoms with Crippen molar-refractivity contribution in [2.24, 2.45) is 0 Å². The van der Waals surface area contributed by atoms with Crippen LogP contribution in [0.1, 0.15) is 103 Å². The molecule has 5 aromatic rings. The Balaban J connectivity index is 0.000000216. The molecule has 0 saturated heterocycles. The first-order valence-corrected chi connectivity index (χ1v) is 21.7. The van der Waals surface area contributed by atoms with E-state index in [0.717, 1.165) is 5.02 Å². The highest BCUT2D eigenvalue weighted by atomic mass is 35.5. The quantitative estimate of drug-likeness (QED) is 0.0587. The molecule has 0 bridgehead atoms. The number of quaternary nitrogens is 1. The van der Waals surface area contributed by atoms with E-state index in [9.17, 15) is 0 Å². The predicted molar refractivity (Wildman–Crippen MR) is 243 cm³/mol. The van der Waals surface area contributed by atoms with Gasteiger partial charge in [0.15, 0.2) is 0 Å². The molecule has 0 aliphatic heterocycles. The van der Waals surface area contributed by atoms with Gasteiger partial charge in [-0.25, -0.2) is 16.4 Å². The van der Waals surface area contributed by atoms with Gasteiger partial charge in [0.2, 0.25) is 0 Å². The maximum Gasteiger partial charge on any atom is 0.0786 e. The van der Waals surface area contributed by atoms with Crippen LogP contribution in [0.3, 0.4) is 0 Å². The van der Waals surface area contributed by atoms with Crippen LogP contribution in [-0.4, -0.2) is 44.7 Å². The molecule has 5 aromatic carbocycles. The zero-order valence-corrected chi connectivity index (χ0v) is 34.9. The highest BCUT2D eigenvalue weighted by Crippen LogP contribution is 2.23. The third-order valence-corrected chi connectivity index (χ3v) is 11.6. The Morgan fingerprint density at radius 2 is 0.830 bits per heavy atom. The van der Waals surface area contributed by atoms with Gasteiger partial charge in [-0.3, -0.25) is 0 Å². The van der Waals surface area contributed by atoms with Crippen molar-refractivity contribution in [3.8, 4) is 0 Å². The van der Waals surface area contributed by atoms with Gasteiger partial charge in [0.1, 0.15) is 0 Å². The van der Waals surface area contributed by atoms with Gasteiger partial charge in [0, 0.05) is 19.0 Å². The van der Waals surface area contributed by atoms with Gasteiger partial charge >= 0.3 is 0 Å². The van der Waals surface area contributed by atoms with Crippen molar-refractivity contribution in [3.05, 3.63) is 162 Å². The van der Waals surface area contributed by atoms with Gasteiger partial charge in [-0.15, -0.1) is 5.82 Å². The van der Waals surface area contributed by atoms with Crippen LogP contribution in [0.5, 0.6) is 0 Å². The van der Waals surface area contributed by atoms with Crippen LogP contribution in [0.25, 0.3) is 0 Å². The third-order valence-electron chi connectivity index (χ3n) is 11.3. The van der Waals surface area contributed by atoms with Crippen LogP contribution in [0.2, 0.25) is 11.3 Å². The minimum absolute atomic E-state index is 0.251. The van der Waals surface area contributed by atoms with Gasteiger partial charge in [0.05, 0.1) is 26.2 Å². The summed E-state index contributed by atoms with van der Waals surface area (Å²) >= 11 is 5.91. The van der Waals surface area contributed by atoms with E-state index >= 15 is 0 Å². The highest BCUT2D eigenvalue weighted by molar-refractivity contribution is 6.85. The fourth-order valence-corrected chi connectivity index (χ4v) is 8.18. The van der Waals surface area contributed by atoms with Crippen molar-refractivity contribution in [3.63, 3.8) is 0 Å². The minimum Gasteiger partial charge on any atom is -0.324 e. The number of hydrogen-bond acceptors (Lipinski definition) is 0. The Labute approximate surface area is 331 Å². The average Bonchev–Trinajstić information content (AvgIpc) is 3.22. The summed E-state index contributed by atoms with van der Waals surface area (Å²) in [4.78, 5) is 0. The summed E-state index contributed by atoms with van der Waals surface area (Å²) in [5.41, 5.74) is 7.24. The first-order chi connectivity index (χ1) is 26.0.